The van der Waals surface area contributed by atoms with Gasteiger partial charge in [0.2, 0.25) is 5.91 Å². The summed E-state index contributed by atoms with van der Waals surface area (Å²) in [5.41, 5.74) is 6.04. The Morgan fingerprint density at radius 2 is 2.09 bits per heavy atom. The molecule has 2 aliphatic rings. The molecule has 4 heterocycles. The molecule has 35 heavy (non-hydrogen) atoms. The highest BCUT2D eigenvalue weighted by Gasteiger charge is 2.33. The number of pyridine rings is 1. The number of hydrogen-bond donors (Lipinski definition) is 0. The van der Waals surface area contributed by atoms with E-state index in [9.17, 15) is 9.59 Å². The molecule has 3 aromatic rings. The van der Waals surface area contributed by atoms with Gasteiger partial charge in [-0.1, -0.05) is 6.07 Å². The van der Waals surface area contributed by atoms with E-state index in [1.54, 1.807) is 17.8 Å². The molecule has 0 N–H and O–H groups in total. The molecule has 0 saturated carbocycles. The standard InChI is InChI=1S/C26H26N6O3/c1-16-8-25(28-11-20(16)9-27)32-13-19(10-29-32)12-30-6-7-31(18(3)33)24(14-30)21-4-5-22-23(17(21)2)15-35-26(22)34/h4-5,8,10-11,13,24H,6-7,12,14-15H2,1-3H3. The zero-order valence-electron chi connectivity index (χ0n) is 20.0. The molecule has 9 nitrogen and oxygen atoms in total. The number of carbonyl (C=O) groups is 2. The van der Waals surface area contributed by atoms with Crippen molar-refractivity contribution in [2.75, 3.05) is 19.6 Å². The van der Waals surface area contributed by atoms with Crippen LogP contribution in [0.5, 0.6) is 0 Å². The fourth-order valence-corrected chi connectivity index (χ4v) is 4.96. The highest BCUT2D eigenvalue weighted by Crippen LogP contribution is 2.34. The molecule has 1 amide bonds. The molecule has 0 radical (unpaired) electrons. The summed E-state index contributed by atoms with van der Waals surface area (Å²) in [5.74, 6) is 0.418. The number of fused-ring (bicyclic) bond motifs is 1. The van der Waals surface area contributed by atoms with Crippen LogP contribution in [0.1, 0.15) is 56.7 Å². The second kappa shape index (κ2) is 8.96. The van der Waals surface area contributed by atoms with E-state index in [0.29, 0.717) is 36.6 Å². The first-order valence-corrected chi connectivity index (χ1v) is 11.6. The van der Waals surface area contributed by atoms with Crippen molar-refractivity contribution in [2.45, 2.75) is 40.0 Å². The summed E-state index contributed by atoms with van der Waals surface area (Å²) in [6.45, 7) is 8.50. The van der Waals surface area contributed by atoms with Crippen LogP contribution in [0.2, 0.25) is 0 Å². The third kappa shape index (κ3) is 4.17. The van der Waals surface area contributed by atoms with E-state index in [1.165, 1.54) is 0 Å². The molecule has 2 aliphatic heterocycles. The molecular weight excluding hydrogens is 444 g/mol. The lowest BCUT2D eigenvalue weighted by molar-refractivity contribution is -0.134. The van der Waals surface area contributed by atoms with Gasteiger partial charge >= 0.3 is 5.97 Å². The lowest BCUT2D eigenvalue weighted by Crippen LogP contribution is -2.49. The molecule has 1 fully saturated rings. The predicted octanol–water partition coefficient (Wildman–Crippen LogP) is 2.83. The van der Waals surface area contributed by atoms with Gasteiger partial charge in [0.05, 0.1) is 23.4 Å². The highest BCUT2D eigenvalue weighted by atomic mass is 16.5. The largest absolute Gasteiger partial charge is 0.457 e. The van der Waals surface area contributed by atoms with Crippen molar-refractivity contribution in [3.05, 3.63) is 75.7 Å². The normalized spacial score (nSPS) is 17.7. The van der Waals surface area contributed by atoms with Crippen LogP contribution in [0, 0.1) is 25.2 Å². The zero-order valence-corrected chi connectivity index (χ0v) is 20.0. The molecule has 5 rings (SSSR count). The number of hydrogen-bond acceptors (Lipinski definition) is 7. The number of carbonyl (C=O) groups excluding carboxylic acids is 2. The molecule has 2 aromatic heterocycles. The topological polar surface area (TPSA) is 104 Å². The summed E-state index contributed by atoms with van der Waals surface area (Å²) in [6.07, 6.45) is 5.34. The summed E-state index contributed by atoms with van der Waals surface area (Å²) in [4.78, 5) is 33.0. The van der Waals surface area contributed by atoms with Crippen LogP contribution in [0.4, 0.5) is 0 Å². The predicted molar refractivity (Wildman–Crippen MR) is 127 cm³/mol. The maximum Gasteiger partial charge on any atom is 0.338 e. The van der Waals surface area contributed by atoms with Gasteiger partial charge in [-0.15, -0.1) is 0 Å². The molecule has 9 heteroatoms. The van der Waals surface area contributed by atoms with Crippen molar-refractivity contribution in [1.82, 2.24) is 24.6 Å². The number of ether oxygens (including phenoxy) is 1. The van der Waals surface area contributed by atoms with Crippen molar-refractivity contribution in [3.8, 4) is 11.9 Å². The summed E-state index contributed by atoms with van der Waals surface area (Å²) < 4.78 is 6.94. The van der Waals surface area contributed by atoms with Gasteiger partial charge < -0.3 is 9.64 Å². The van der Waals surface area contributed by atoms with E-state index < -0.39 is 0 Å². The molecule has 178 valence electrons. The van der Waals surface area contributed by atoms with Crippen LogP contribution in [0.15, 0.2) is 36.8 Å². The Morgan fingerprint density at radius 3 is 2.83 bits per heavy atom. The zero-order chi connectivity index (χ0) is 24.7. The number of cyclic esters (lactones) is 1. The van der Waals surface area contributed by atoms with E-state index >= 15 is 0 Å². The average Bonchev–Trinajstić information content (AvgIpc) is 3.46. The summed E-state index contributed by atoms with van der Waals surface area (Å²) in [5, 5.41) is 13.6. The number of piperazine rings is 1. The number of nitrogens with zero attached hydrogens (tertiary/aromatic N) is 6. The Balaban J connectivity index is 1.37. The van der Waals surface area contributed by atoms with Crippen LogP contribution < -0.4 is 0 Å². The summed E-state index contributed by atoms with van der Waals surface area (Å²) in [6, 6.07) is 7.65. The number of amides is 1. The van der Waals surface area contributed by atoms with Gasteiger partial charge in [-0.3, -0.25) is 9.69 Å². The number of nitriles is 1. The Hall–Kier alpha value is -4.03. The third-order valence-corrected chi connectivity index (χ3v) is 6.93. The van der Waals surface area contributed by atoms with Gasteiger partial charge in [0.15, 0.2) is 5.82 Å². The summed E-state index contributed by atoms with van der Waals surface area (Å²) in [7, 11) is 0. The van der Waals surface area contributed by atoms with E-state index in [0.717, 1.165) is 34.4 Å². The van der Waals surface area contributed by atoms with Crippen molar-refractivity contribution >= 4 is 11.9 Å². The van der Waals surface area contributed by atoms with E-state index in [2.05, 4.69) is 21.1 Å². The molecular formula is C26H26N6O3. The second-order valence-corrected chi connectivity index (χ2v) is 9.11. The van der Waals surface area contributed by atoms with Crippen LogP contribution in [-0.4, -0.2) is 56.1 Å². The van der Waals surface area contributed by atoms with Crippen LogP contribution in [-0.2, 0) is 22.7 Å². The smallest absolute Gasteiger partial charge is 0.338 e. The third-order valence-electron chi connectivity index (χ3n) is 6.93. The van der Waals surface area contributed by atoms with Gasteiger partial charge in [-0.05, 0) is 42.7 Å². The molecule has 1 unspecified atom stereocenters. The SMILES string of the molecule is CC(=O)N1CCN(Cc2cnn(-c3cc(C)c(C#N)cn3)c2)CC1c1ccc2c(c1C)COC2=O. The minimum absolute atomic E-state index is 0.0388. The van der Waals surface area contributed by atoms with E-state index in [1.807, 2.05) is 49.3 Å². The summed E-state index contributed by atoms with van der Waals surface area (Å²) >= 11 is 0. The van der Waals surface area contributed by atoms with E-state index in [-0.39, 0.29) is 24.5 Å². The minimum Gasteiger partial charge on any atom is -0.457 e. The Bertz CT molecular complexity index is 1370. The maximum atomic E-state index is 12.5. The van der Waals surface area contributed by atoms with Crippen molar-refractivity contribution in [2.24, 2.45) is 0 Å². The molecule has 1 saturated heterocycles. The monoisotopic (exact) mass is 470 g/mol. The lowest BCUT2D eigenvalue weighted by atomic mass is 9.92. The molecule has 1 aromatic carbocycles. The van der Waals surface area contributed by atoms with Crippen LogP contribution in [0.25, 0.3) is 5.82 Å². The fraction of sp³-hybridized carbons (Fsp3) is 0.346. The van der Waals surface area contributed by atoms with Crippen LogP contribution in [0.3, 0.4) is 0 Å². The molecule has 0 bridgehead atoms. The molecule has 1 atom stereocenters. The quantitative estimate of drug-likeness (QED) is 0.540. The number of benzene rings is 1. The van der Waals surface area contributed by atoms with Gasteiger partial charge in [-0.2, -0.15) is 10.4 Å². The molecule has 0 spiro atoms. The maximum absolute atomic E-state index is 12.5. The Labute approximate surface area is 203 Å². The number of esters is 1. The Kier molecular flexibility index (Phi) is 5.83. The average molecular weight is 471 g/mol. The molecule has 0 aliphatic carbocycles. The van der Waals surface area contributed by atoms with Crippen LogP contribution >= 0.6 is 0 Å². The van der Waals surface area contributed by atoms with Crippen molar-refractivity contribution in [3.63, 3.8) is 0 Å². The minimum atomic E-state index is -0.285. The second-order valence-electron chi connectivity index (χ2n) is 9.11. The number of rotatable bonds is 4. The van der Waals surface area contributed by atoms with E-state index in [4.69, 9.17) is 10.00 Å². The van der Waals surface area contributed by atoms with Crippen molar-refractivity contribution < 1.29 is 14.3 Å². The van der Waals surface area contributed by atoms with Crippen molar-refractivity contribution in [1.29, 1.82) is 5.26 Å². The fourth-order valence-electron chi connectivity index (χ4n) is 4.96. The first-order chi connectivity index (χ1) is 16.9. The lowest BCUT2D eigenvalue weighted by Gasteiger charge is -2.42. The number of aromatic nitrogens is 3. The highest BCUT2D eigenvalue weighted by molar-refractivity contribution is 5.94. The van der Waals surface area contributed by atoms with Gasteiger partial charge in [0, 0.05) is 56.6 Å². The van der Waals surface area contributed by atoms with Gasteiger partial charge in [0.25, 0.3) is 0 Å². The Morgan fingerprint density at radius 1 is 1.26 bits per heavy atom. The number of aryl methyl sites for hydroxylation is 1. The first-order valence-electron chi connectivity index (χ1n) is 11.6. The first kappa shape index (κ1) is 22.7. The van der Waals surface area contributed by atoms with Gasteiger partial charge in [-0.25, -0.2) is 14.5 Å². The van der Waals surface area contributed by atoms with Gasteiger partial charge in [0.1, 0.15) is 12.7 Å².